The molecule has 2 aliphatic rings. The maximum absolute atomic E-state index is 12.7. The zero-order valence-corrected chi connectivity index (χ0v) is 17.2. The first-order chi connectivity index (χ1) is 14.0. The van der Waals surface area contributed by atoms with E-state index >= 15 is 0 Å². The smallest absolute Gasteiger partial charge is 0.243 e. The van der Waals surface area contributed by atoms with Gasteiger partial charge in [0.15, 0.2) is 0 Å². The Morgan fingerprint density at radius 3 is 2.41 bits per heavy atom. The molecule has 1 aromatic carbocycles. The lowest BCUT2D eigenvalue weighted by Gasteiger charge is -2.40. The van der Waals surface area contributed by atoms with Crippen molar-refractivity contribution in [2.45, 2.75) is 61.8 Å². The van der Waals surface area contributed by atoms with Gasteiger partial charge in [-0.05, 0) is 56.2 Å². The van der Waals surface area contributed by atoms with Crippen molar-refractivity contribution in [1.29, 1.82) is 0 Å². The molecule has 0 bridgehead atoms. The zero-order chi connectivity index (χ0) is 20.3. The fourth-order valence-corrected chi connectivity index (χ4v) is 5.57. The van der Waals surface area contributed by atoms with E-state index in [1.165, 1.54) is 6.33 Å². The van der Waals surface area contributed by atoms with Crippen molar-refractivity contribution in [2.75, 3.05) is 13.1 Å². The Kier molecular flexibility index (Phi) is 5.69. The molecule has 0 spiro atoms. The summed E-state index contributed by atoms with van der Waals surface area (Å²) in [6.07, 6.45) is 8.05. The van der Waals surface area contributed by atoms with Gasteiger partial charge < -0.3 is 5.32 Å². The highest BCUT2D eigenvalue weighted by Gasteiger charge is 2.42. The summed E-state index contributed by atoms with van der Waals surface area (Å²) in [5, 5.41) is 9.87. The van der Waals surface area contributed by atoms with Crippen molar-refractivity contribution >= 4 is 15.9 Å². The fourth-order valence-electron chi connectivity index (χ4n) is 4.06. The first kappa shape index (κ1) is 20.0. The summed E-state index contributed by atoms with van der Waals surface area (Å²) in [4.78, 5) is 17.0. The fraction of sp³-hybridized carbons (Fsp3) is 0.550. The molecule has 0 radical (unpaired) electrons. The molecule has 2 aromatic rings. The molecule has 1 saturated carbocycles. The summed E-state index contributed by atoms with van der Waals surface area (Å²) in [6, 6.07) is 6.91. The average molecular weight is 418 g/mol. The molecule has 156 valence electrons. The van der Waals surface area contributed by atoms with Gasteiger partial charge in [-0.3, -0.25) is 9.89 Å². The Labute approximate surface area is 171 Å². The SMILES string of the molecule is O=C(CCc1ccc(S(=O)(=O)N2CCCCC2)cc1)NC1(c2ncn[nH]2)CCC1. The van der Waals surface area contributed by atoms with Gasteiger partial charge in [-0.2, -0.15) is 9.40 Å². The molecule has 1 saturated heterocycles. The molecule has 2 heterocycles. The Morgan fingerprint density at radius 1 is 1.10 bits per heavy atom. The first-order valence-corrected chi connectivity index (χ1v) is 11.7. The van der Waals surface area contributed by atoms with Gasteiger partial charge in [-0.25, -0.2) is 13.4 Å². The Balaban J connectivity index is 1.34. The quantitative estimate of drug-likeness (QED) is 0.717. The number of nitrogens with zero attached hydrogens (tertiary/aromatic N) is 3. The molecular formula is C20H27N5O3S. The highest BCUT2D eigenvalue weighted by atomic mass is 32.2. The number of benzene rings is 1. The van der Waals surface area contributed by atoms with E-state index in [9.17, 15) is 13.2 Å². The number of hydrogen-bond acceptors (Lipinski definition) is 5. The van der Waals surface area contributed by atoms with E-state index in [2.05, 4.69) is 20.5 Å². The number of aryl methyl sites for hydroxylation is 1. The third-order valence-corrected chi connectivity index (χ3v) is 7.88. The van der Waals surface area contributed by atoms with E-state index in [-0.39, 0.29) is 5.91 Å². The van der Waals surface area contributed by atoms with Crippen LogP contribution in [0.3, 0.4) is 0 Å². The monoisotopic (exact) mass is 417 g/mol. The second kappa shape index (κ2) is 8.23. The molecule has 2 fully saturated rings. The number of nitrogens with one attached hydrogen (secondary N) is 2. The average Bonchev–Trinajstić information content (AvgIpc) is 3.25. The molecule has 2 N–H and O–H groups in total. The number of hydrogen-bond donors (Lipinski definition) is 2. The maximum Gasteiger partial charge on any atom is 0.243 e. The number of sulfonamides is 1. The molecule has 1 amide bonds. The van der Waals surface area contributed by atoms with Crippen molar-refractivity contribution in [3.8, 4) is 0 Å². The first-order valence-electron chi connectivity index (χ1n) is 10.3. The van der Waals surface area contributed by atoms with Crippen LogP contribution in [0.25, 0.3) is 0 Å². The number of aromatic nitrogens is 3. The van der Waals surface area contributed by atoms with Crippen molar-refractivity contribution in [2.24, 2.45) is 0 Å². The number of H-pyrrole nitrogens is 1. The minimum Gasteiger partial charge on any atom is -0.343 e. The van der Waals surface area contributed by atoms with Crippen molar-refractivity contribution in [1.82, 2.24) is 24.8 Å². The van der Waals surface area contributed by atoms with E-state index in [1.807, 2.05) is 0 Å². The standard InChI is InChI=1S/C20H27N5O3S/c26-18(23-20(11-4-12-20)19-21-15-22-24-19)10-7-16-5-8-17(9-6-16)29(27,28)25-13-2-1-3-14-25/h5-6,8-9,15H,1-4,7,10-14H2,(H,23,26)(H,21,22,24). The van der Waals surface area contributed by atoms with Crippen LogP contribution in [0.2, 0.25) is 0 Å². The minimum absolute atomic E-state index is 0.0360. The van der Waals surface area contributed by atoms with Gasteiger partial charge in [0.1, 0.15) is 12.2 Å². The molecule has 29 heavy (non-hydrogen) atoms. The van der Waals surface area contributed by atoms with Crippen LogP contribution >= 0.6 is 0 Å². The third kappa shape index (κ3) is 4.20. The van der Waals surface area contributed by atoms with E-state index in [4.69, 9.17) is 0 Å². The van der Waals surface area contributed by atoms with Gasteiger partial charge in [0.05, 0.1) is 10.4 Å². The summed E-state index contributed by atoms with van der Waals surface area (Å²) < 4.78 is 27.0. The minimum atomic E-state index is -3.42. The van der Waals surface area contributed by atoms with Crippen LogP contribution in [0.5, 0.6) is 0 Å². The van der Waals surface area contributed by atoms with Gasteiger partial charge in [-0.15, -0.1) is 0 Å². The Hall–Kier alpha value is -2.26. The second-order valence-corrected chi connectivity index (χ2v) is 9.86. The maximum atomic E-state index is 12.7. The van der Waals surface area contributed by atoms with E-state index in [0.29, 0.717) is 36.7 Å². The highest BCUT2D eigenvalue weighted by molar-refractivity contribution is 7.89. The summed E-state index contributed by atoms with van der Waals surface area (Å²) >= 11 is 0. The normalized spacial score (nSPS) is 19.4. The number of carbonyl (C=O) groups is 1. The molecule has 4 rings (SSSR count). The lowest BCUT2D eigenvalue weighted by molar-refractivity contribution is -0.124. The van der Waals surface area contributed by atoms with Crippen LogP contribution < -0.4 is 5.32 Å². The summed E-state index contributed by atoms with van der Waals surface area (Å²) in [6.45, 7) is 1.19. The van der Waals surface area contributed by atoms with Crippen LogP contribution in [-0.2, 0) is 26.8 Å². The molecule has 1 aliphatic heterocycles. The van der Waals surface area contributed by atoms with Crippen molar-refractivity contribution < 1.29 is 13.2 Å². The van der Waals surface area contributed by atoms with E-state index in [0.717, 1.165) is 44.1 Å². The molecule has 9 heteroatoms. The predicted molar refractivity (Wildman–Crippen MR) is 107 cm³/mol. The largest absolute Gasteiger partial charge is 0.343 e. The van der Waals surface area contributed by atoms with Gasteiger partial charge in [0, 0.05) is 19.5 Å². The number of rotatable bonds is 7. The number of piperidine rings is 1. The van der Waals surface area contributed by atoms with Crippen LogP contribution in [0.4, 0.5) is 0 Å². The lowest BCUT2D eigenvalue weighted by atomic mass is 9.76. The van der Waals surface area contributed by atoms with Crippen molar-refractivity contribution in [3.05, 3.63) is 42.0 Å². The second-order valence-electron chi connectivity index (χ2n) is 7.93. The van der Waals surface area contributed by atoms with Gasteiger partial charge >= 0.3 is 0 Å². The van der Waals surface area contributed by atoms with Gasteiger partial charge in [0.2, 0.25) is 15.9 Å². The summed E-state index contributed by atoms with van der Waals surface area (Å²) in [7, 11) is -3.42. The van der Waals surface area contributed by atoms with E-state index < -0.39 is 15.6 Å². The van der Waals surface area contributed by atoms with Crippen LogP contribution in [0.15, 0.2) is 35.5 Å². The number of carbonyl (C=O) groups excluding carboxylic acids is 1. The molecule has 1 aliphatic carbocycles. The predicted octanol–water partition coefficient (Wildman–Crippen LogP) is 2.11. The summed E-state index contributed by atoms with van der Waals surface area (Å²) in [5.41, 5.74) is 0.528. The zero-order valence-electron chi connectivity index (χ0n) is 16.4. The van der Waals surface area contributed by atoms with Gasteiger partial charge in [-0.1, -0.05) is 18.6 Å². The van der Waals surface area contributed by atoms with Gasteiger partial charge in [0.25, 0.3) is 0 Å². The molecular weight excluding hydrogens is 390 g/mol. The molecule has 1 aromatic heterocycles. The van der Waals surface area contributed by atoms with Crippen LogP contribution in [0.1, 0.15) is 56.3 Å². The van der Waals surface area contributed by atoms with Crippen LogP contribution in [-0.4, -0.2) is 46.9 Å². The number of amides is 1. The topological polar surface area (TPSA) is 108 Å². The summed E-state index contributed by atoms with van der Waals surface area (Å²) in [5.74, 6) is 0.676. The van der Waals surface area contributed by atoms with Crippen LogP contribution in [0, 0.1) is 0 Å². The van der Waals surface area contributed by atoms with Crippen molar-refractivity contribution in [3.63, 3.8) is 0 Å². The third-order valence-electron chi connectivity index (χ3n) is 5.97. The molecule has 8 nitrogen and oxygen atoms in total. The highest BCUT2D eigenvalue weighted by Crippen LogP contribution is 2.39. The number of aromatic amines is 1. The Bertz CT molecular complexity index is 931. The van der Waals surface area contributed by atoms with E-state index in [1.54, 1.807) is 28.6 Å². The molecule has 0 atom stereocenters. The molecule has 0 unspecified atom stereocenters. The Morgan fingerprint density at radius 2 is 1.83 bits per heavy atom. The lowest BCUT2D eigenvalue weighted by Crippen LogP contribution is -2.51.